The van der Waals surface area contributed by atoms with E-state index in [0.29, 0.717) is 12.8 Å². The number of carbonyl (C=O) groups excluding carboxylic acids is 2. The third-order valence-corrected chi connectivity index (χ3v) is 7.06. The number of β-amino-alcohol motifs (C(OH)–C–C–N with tert-alkyl or cyclic N) is 1. The quantitative estimate of drug-likeness (QED) is 0.522. The Morgan fingerprint density at radius 3 is 2.50 bits per heavy atom. The number of ether oxygens (including phenoxy) is 1. The fourth-order valence-electron chi connectivity index (χ4n) is 3.84. The normalized spacial score (nSPS) is 23.1. The lowest BCUT2D eigenvalue weighted by atomic mass is 9.98. The number of carbonyl (C=O) groups is 2. The Balaban J connectivity index is 2.13. The Bertz CT molecular complexity index is 933. The number of nitrogens with one attached hydrogen (secondary N) is 2. The number of aliphatic hydroxyl groups excluding tert-OH is 1. The maximum absolute atomic E-state index is 13.1. The van der Waals surface area contributed by atoms with Gasteiger partial charge in [-0.3, -0.25) is 4.79 Å². The van der Waals surface area contributed by atoms with Crippen LogP contribution < -0.4 is 10.6 Å². The van der Waals surface area contributed by atoms with Crippen LogP contribution in [0, 0.1) is 11.8 Å². The molecule has 0 spiro atoms. The molecule has 3 N–H and O–H groups in total. The first kappa shape index (κ1) is 28.0. The van der Waals surface area contributed by atoms with Crippen molar-refractivity contribution in [1.29, 1.82) is 0 Å². The van der Waals surface area contributed by atoms with E-state index in [4.69, 9.17) is 4.74 Å². The molecule has 34 heavy (non-hydrogen) atoms. The minimum atomic E-state index is -3.89. The van der Waals surface area contributed by atoms with Crippen LogP contribution in [0.3, 0.4) is 0 Å². The standard InChI is InChI=1S/C23H38N4O6S/c1-15(2)11-18(26-22(30)33-23(4,5)6)21(29)25-17-12-16(3)13-27(14-19(17)28)34(31,32)20-9-7-8-10-24-20/h7-10,15-19,28H,11-14H2,1-6H3,(H,25,29)(H,26,30)/t16?,17?,18?,19-/m0/s1. The van der Waals surface area contributed by atoms with E-state index in [0.717, 1.165) is 0 Å². The molecule has 3 unspecified atom stereocenters. The smallest absolute Gasteiger partial charge is 0.408 e. The van der Waals surface area contributed by atoms with Gasteiger partial charge in [-0.15, -0.1) is 0 Å². The summed E-state index contributed by atoms with van der Waals surface area (Å²) in [5.74, 6) is -0.470. The van der Waals surface area contributed by atoms with Crippen molar-refractivity contribution in [2.75, 3.05) is 13.1 Å². The van der Waals surface area contributed by atoms with E-state index in [1.807, 2.05) is 20.8 Å². The summed E-state index contributed by atoms with van der Waals surface area (Å²) in [6.07, 6.45) is 0.329. The zero-order chi connectivity index (χ0) is 25.7. The molecular formula is C23H38N4O6S. The van der Waals surface area contributed by atoms with Crippen LogP contribution in [0.2, 0.25) is 0 Å². The van der Waals surface area contributed by atoms with Crippen LogP contribution >= 0.6 is 0 Å². The molecule has 2 amide bonds. The topological polar surface area (TPSA) is 138 Å². The van der Waals surface area contributed by atoms with Gasteiger partial charge < -0.3 is 20.5 Å². The number of aromatic nitrogens is 1. The van der Waals surface area contributed by atoms with Crippen LogP contribution in [0.5, 0.6) is 0 Å². The number of alkyl carbamates (subject to hydrolysis) is 1. The van der Waals surface area contributed by atoms with Crippen molar-refractivity contribution < 1.29 is 27.9 Å². The maximum Gasteiger partial charge on any atom is 0.408 e. The number of nitrogens with zero attached hydrogens (tertiary/aromatic N) is 2. The molecule has 2 rings (SSSR count). The first-order valence-electron chi connectivity index (χ1n) is 11.6. The van der Waals surface area contributed by atoms with Crippen molar-refractivity contribution in [2.45, 2.75) is 83.2 Å². The summed E-state index contributed by atoms with van der Waals surface area (Å²) in [6, 6.07) is 3.10. The highest BCUT2D eigenvalue weighted by Gasteiger charge is 2.37. The van der Waals surface area contributed by atoms with E-state index in [2.05, 4.69) is 15.6 Å². The lowest BCUT2D eigenvalue weighted by Gasteiger charge is -2.28. The second-order valence-electron chi connectivity index (χ2n) is 10.3. The van der Waals surface area contributed by atoms with Gasteiger partial charge in [-0.1, -0.05) is 26.8 Å². The number of amides is 2. The molecule has 1 fully saturated rings. The average molecular weight is 499 g/mol. The lowest BCUT2D eigenvalue weighted by molar-refractivity contribution is -0.125. The molecule has 0 radical (unpaired) electrons. The van der Waals surface area contributed by atoms with Crippen LogP contribution in [-0.2, 0) is 19.6 Å². The van der Waals surface area contributed by atoms with Crippen LogP contribution in [0.25, 0.3) is 0 Å². The highest BCUT2D eigenvalue weighted by atomic mass is 32.2. The van der Waals surface area contributed by atoms with Crippen LogP contribution in [-0.4, -0.2) is 71.7 Å². The van der Waals surface area contributed by atoms with Crippen molar-refractivity contribution in [3.63, 3.8) is 0 Å². The Morgan fingerprint density at radius 2 is 1.94 bits per heavy atom. The third kappa shape index (κ3) is 8.21. The molecule has 2 heterocycles. The molecule has 1 aromatic rings. The maximum atomic E-state index is 13.1. The zero-order valence-corrected chi connectivity index (χ0v) is 21.6. The molecule has 0 bridgehead atoms. The summed E-state index contributed by atoms with van der Waals surface area (Å²) < 4.78 is 32.5. The molecule has 0 saturated carbocycles. The molecule has 1 aliphatic rings. The van der Waals surface area contributed by atoms with E-state index in [9.17, 15) is 23.1 Å². The molecule has 1 aliphatic heterocycles. The van der Waals surface area contributed by atoms with E-state index in [-0.39, 0.29) is 30.0 Å². The minimum absolute atomic E-state index is 0.0876. The van der Waals surface area contributed by atoms with E-state index >= 15 is 0 Å². The highest BCUT2D eigenvalue weighted by Crippen LogP contribution is 2.23. The Kier molecular flexibility index (Phi) is 9.44. The number of hydrogen-bond acceptors (Lipinski definition) is 7. The fourth-order valence-corrected chi connectivity index (χ4v) is 5.35. The summed E-state index contributed by atoms with van der Waals surface area (Å²) in [4.78, 5) is 29.3. The van der Waals surface area contributed by atoms with Crippen molar-refractivity contribution in [3.05, 3.63) is 24.4 Å². The van der Waals surface area contributed by atoms with Gasteiger partial charge in [0.2, 0.25) is 5.91 Å². The summed E-state index contributed by atoms with van der Waals surface area (Å²) in [5, 5.41) is 16.2. The number of sulfonamides is 1. The number of rotatable bonds is 7. The van der Waals surface area contributed by atoms with Gasteiger partial charge in [0.1, 0.15) is 11.6 Å². The van der Waals surface area contributed by atoms with E-state index < -0.39 is 45.8 Å². The van der Waals surface area contributed by atoms with Crippen molar-refractivity contribution in [2.24, 2.45) is 11.8 Å². The highest BCUT2D eigenvalue weighted by molar-refractivity contribution is 7.89. The van der Waals surface area contributed by atoms with Gasteiger partial charge >= 0.3 is 6.09 Å². The molecule has 1 aromatic heterocycles. The zero-order valence-electron chi connectivity index (χ0n) is 20.8. The van der Waals surface area contributed by atoms with Crippen LogP contribution in [0.4, 0.5) is 4.79 Å². The molecule has 4 atom stereocenters. The lowest BCUT2D eigenvalue weighted by Crippen LogP contribution is -2.54. The molecule has 1 saturated heterocycles. The summed E-state index contributed by atoms with van der Waals surface area (Å²) in [6.45, 7) is 10.9. The van der Waals surface area contributed by atoms with E-state index in [1.54, 1.807) is 32.9 Å². The number of hydrogen-bond donors (Lipinski definition) is 3. The molecule has 10 nitrogen and oxygen atoms in total. The summed E-state index contributed by atoms with van der Waals surface area (Å²) in [7, 11) is -3.89. The third-order valence-electron chi connectivity index (χ3n) is 5.31. The second kappa shape index (κ2) is 11.5. The molecule has 11 heteroatoms. The summed E-state index contributed by atoms with van der Waals surface area (Å²) >= 11 is 0. The molecule has 0 aromatic carbocycles. The van der Waals surface area contributed by atoms with Crippen molar-refractivity contribution in [3.8, 4) is 0 Å². The Labute approximate surface area is 202 Å². The molecular weight excluding hydrogens is 460 g/mol. The van der Waals surface area contributed by atoms with Gasteiger partial charge in [0.15, 0.2) is 5.03 Å². The minimum Gasteiger partial charge on any atom is -0.444 e. The van der Waals surface area contributed by atoms with Gasteiger partial charge in [-0.05, 0) is 57.6 Å². The first-order valence-corrected chi connectivity index (χ1v) is 13.0. The van der Waals surface area contributed by atoms with Crippen LogP contribution in [0.15, 0.2) is 29.4 Å². The van der Waals surface area contributed by atoms with Crippen LogP contribution in [0.1, 0.15) is 54.4 Å². The average Bonchev–Trinajstić information content (AvgIpc) is 2.84. The van der Waals surface area contributed by atoms with Crippen molar-refractivity contribution in [1.82, 2.24) is 19.9 Å². The first-order chi connectivity index (χ1) is 15.7. The predicted octanol–water partition coefficient (Wildman–Crippen LogP) is 1.90. The van der Waals surface area contributed by atoms with Gasteiger partial charge in [0, 0.05) is 19.3 Å². The van der Waals surface area contributed by atoms with Gasteiger partial charge in [0.25, 0.3) is 10.0 Å². The monoisotopic (exact) mass is 498 g/mol. The number of pyridine rings is 1. The second-order valence-corrected chi connectivity index (χ2v) is 12.2. The summed E-state index contributed by atoms with van der Waals surface area (Å²) in [5.41, 5.74) is -0.710. The fraction of sp³-hybridized carbons (Fsp3) is 0.696. The SMILES string of the molecule is CC(C)CC(NC(=O)OC(C)(C)C)C(=O)NC1CC(C)CN(S(=O)(=O)c2ccccn2)C[C@@H]1O. The van der Waals surface area contributed by atoms with E-state index in [1.165, 1.54) is 16.6 Å². The largest absolute Gasteiger partial charge is 0.444 e. The van der Waals surface area contributed by atoms with Crippen molar-refractivity contribution >= 4 is 22.0 Å². The van der Waals surface area contributed by atoms with Gasteiger partial charge in [-0.25, -0.2) is 18.2 Å². The Morgan fingerprint density at radius 1 is 1.26 bits per heavy atom. The number of aliphatic hydroxyl groups is 1. The Hall–Kier alpha value is -2.24. The van der Waals surface area contributed by atoms with Gasteiger partial charge in [-0.2, -0.15) is 4.31 Å². The predicted molar refractivity (Wildman–Crippen MR) is 127 cm³/mol. The molecule has 0 aliphatic carbocycles. The van der Waals surface area contributed by atoms with Gasteiger partial charge in [0.05, 0.1) is 12.1 Å². The molecule has 192 valence electrons.